The lowest BCUT2D eigenvalue weighted by Gasteiger charge is -2.15. The summed E-state index contributed by atoms with van der Waals surface area (Å²) in [5, 5.41) is 18.1. The van der Waals surface area contributed by atoms with Gasteiger partial charge < -0.3 is 14.9 Å². The average Bonchev–Trinajstić information content (AvgIpc) is 2.39. The molecule has 0 bridgehead atoms. The molecule has 0 atom stereocenters. The van der Waals surface area contributed by atoms with E-state index in [0.29, 0.717) is 5.92 Å². The van der Waals surface area contributed by atoms with E-state index in [2.05, 4.69) is 26.0 Å². The molecule has 0 saturated carbocycles. The van der Waals surface area contributed by atoms with Gasteiger partial charge in [-0.25, -0.2) is 0 Å². The van der Waals surface area contributed by atoms with Crippen LogP contribution in [0.2, 0.25) is 0 Å². The summed E-state index contributed by atoms with van der Waals surface area (Å²) < 4.78 is 5.35. The van der Waals surface area contributed by atoms with Crippen LogP contribution in [-0.2, 0) is 6.42 Å². The van der Waals surface area contributed by atoms with Crippen molar-refractivity contribution in [3.63, 3.8) is 0 Å². The van der Waals surface area contributed by atoms with E-state index in [9.17, 15) is 0 Å². The van der Waals surface area contributed by atoms with Gasteiger partial charge in [0.05, 0.1) is 7.11 Å². The van der Waals surface area contributed by atoms with Crippen molar-refractivity contribution in [1.29, 1.82) is 0 Å². The largest absolute Gasteiger partial charge is 0.496 e. The predicted molar refractivity (Wildman–Crippen MR) is 73.1 cm³/mol. The highest BCUT2D eigenvalue weighted by molar-refractivity contribution is 5.39. The molecule has 3 nitrogen and oxygen atoms in total. The molecule has 0 fully saturated rings. The number of hydrogen-bond acceptors (Lipinski definition) is 3. The maximum atomic E-state index is 9.05. The molecule has 0 saturated heterocycles. The Morgan fingerprint density at radius 2 is 1.83 bits per heavy atom. The van der Waals surface area contributed by atoms with Crippen molar-refractivity contribution >= 4 is 0 Å². The summed E-state index contributed by atoms with van der Waals surface area (Å²) in [6.07, 6.45) is 1.67. The number of methoxy groups -OCH3 is 1. The van der Waals surface area contributed by atoms with Crippen molar-refractivity contribution < 1.29 is 14.9 Å². The minimum Gasteiger partial charge on any atom is -0.496 e. The summed E-state index contributed by atoms with van der Waals surface area (Å²) in [6.45, 7) is 4.38. The number of ether oxygens (including phenoxy) is 1. The number of rotatable bonds is 7. The van der Waals surface area contributed by atoms with E-state index >= 15 is 0 Å². The van der Waals surface area contributed by atoms with Crippen molar-refractivity contribution in [1.82, 2.24) is 0 Å². The molecule has 102 valence electrons. The van der Waals surface area contributed by atoms with Gasteiger partial charge in [0.25, 0.3) is 0 Å². The zero-order chi connectivity index (χ0) is 13.5. The van der Waals surface area contributed by atoms with Crippen molar-refractivity contribution in [2.24, 2.45) is 5.92 Å². The fourth-order valence-electron chi connectivity index (χ4n) is 2.00. The first-order chi connectivity index (χ1) is 8.62. The fourth-order valence-corrected chi connectivity index (χ4v) is 2.00. The maximum Gasteiger partial charge on any atom is 0.122 e. The molecule has 0 amide bonds. The van der Waals surface area contributed by atoms with E-state index in [1.165, 1.54) is 11.1 Å². The lowest BCUT2D eigenvalue weighted by molar-refractivity contribution is 0.144. The average molecular weight is 252 g/mol. The standard InChI is InChI=1S/C15H24O3/c1-11(2)14-8-12(6-7-15(14)18-3)4-5-13(9-16)10-17/h6-8,11,13,16-17H,4-5,9-10H2,1-3H3. The Balaban J connectivity index is 2.75. The Bertz CT molecular complexity index is 357. The van der Waals surface area contributed by atoms with Crippen LogP contribution in [0.1, 0.15) is 37.3 Å². The number of benzene rings is 1. The van der Waals surface area contributed by atoms with E-state index in [-0.39, 0.29) is 19.1 Å². The molecule has 1 aromatic rings. The van der Waals surface area contributed by atoms with Gasteiger partial charge in [0.1, 0.15) is 5.75 Å². The summed E-state index contributed by atoms with van der Waals surface area (Å²) in [5.41, 5.74) is 2.44. The molecule has 0 aromatic heterocycles. The van der Waals surface area contributed by atoms with Crippen LogP contribution in [0.15, 0.2) is 18.2 Å². The van der Waals surface area contributed by atoms with Gasteiger partial charge >= 0.3 is 0 Å². The Labute approximate surface area is 109 Å². The molecule has 3 heteroatoms. The van der Waals surface area contributed by atoms with Crippen molar-refractivity contribution in [3.05, 3.63) is 29.3 Å². The maximum absolute atomic E-state index is 9.05. The Morgan fingerprint density at radius 1 is 1.17 bits per heavy atom. The molecular weight excluding hydrogens is 228 g/mol. The molecule has 0 aliphatic rings. The lowest BCUT2D eigenvalue weighted by atomic mass is 9.95. The molecular formula is C15H24O3. The van der Waals surface area contributed by atoms with Crippen LogP contribution in [-0.4, -0.2) is 30.5 Å². The first-order valence-corrected chi connectivity index (χ1v) is 6.50. The van der Waals surface area contributed by atoms with Crippen LogP contribution in [0.4, 0.5) is 0 Å². The summed E-state index contributed by atoms with van der Waals surface area (Å²) in [5.74, 6) is 1.33. The van der Waals surface area contributed by atoms with Gasteiger partial charge in [0.15, 0.2) is 0 Å². The van der Waals surface area contributed by atoms with Crippen LogP contribution < -0.4 is 4.74 Å². The highest BCUT2D eigenvalue weighted by Crippen LogP contribution is 2.27. The van der Waals surface area contributed by atoms with Gasteiger partial charge in [-0.05, 0) is 36.0 Å². The summed E-state index contributed by atoms with van der Waals surface area (Å²) >= 11 is 0. The quantitative estimate of drug-likeness (QED) is 0.783. The van der Waals surface area contributed by atoms with E-state index in [1.54, 1.807) is 7.11 Å². The van der Waals surface area contributed by atoms with Crippen LogP contribution in [0.5, 0.6) is 5.75 Å². The zero-order valence-electron chi connectivity index (χ0n) is 11.5. The molecule has 1 aromatic carbocycles. The van der Waals surface area contributed by atoms with Gasteiger partial charge in [0, 0.05) is 19.1 Å². The minimum absolute atomic E-state index is 0.0189. The van der Waals surface area contributed by atoms with Crippen molar-refractivity contribution in [2.75, 3.05) is 20.3 Å². The van der Waals surface area contributed by atoms with Crippen molar-refractivity contribution in [3.8, 4) is 5.75 Å². The molecule has 0 radical (unpaired) electrons. The number of aryl methyl sites for hydroxylation is 1. The molecule has 0 unspecified atom stereocenters. The van der Waals surface area contributed by atoms with Gasteiger partial charge in [-0.1, -0.05) is 26.0 Å². The van der Waals surface area contributed by atoms with Crippen LogP contribution in [0.3, 0.4) is 0 Å². The van der Waals surface area contributed by atoms with Crippen LogP contribution >= 0.6 is 0 Å². The van der Waals surface area contributed by atoms with Gasteiger partial charge in [-0.2, -0.15) is 0 Å². The molecule has 1 rings (SSSR count). The number of hydrogen-bond donors (Lipinski definition) is 2. The minimum atomic E-state index is -0.0189. The fraction of sp³-hybridized carbons (Fsp3) is 0.600. The Hall–Kier alpha value is -1.06. The molecule has 0 spiro atoms. The molecule has 0 aliphatic heterocycles. The monoisotopic (exact) mass is 252 g/mol. The normalized spacial score (nSPS) is 11.3. The Kier molecular flexibility index (Phi) is 6.16. The van der Waals surface area contributed by atoms with E-state index in [0.717, 1.165) is 18.6 Å². The first-order valence-electron chi connectivity index (χ1n) is 6.50. The van der Waals surface area contributed by atoms with Crippen molar-refractivity contribution in [2.45, 2.75) is 32.6 Å². The van der Waals surface area contributed by atoms with E-state index in [1.807, 2.05) is 6.07 Å². The predicted octanol–water partition coefficient (Wildman–Crippen LogP) is 2.35. The second-order valence-electron chi connectivity index (χ2n) is 5.00. The SMILES string of the molecule is COc1ccc(CCC(CO)CO)cc1C(C)C. The van der Waals surface area contributed by atoms with Crippen LogP contribution in [0.25, 0.3) is 0 Å². The third kappa shape index (κ3) is 4.00. The highest BCUT2D eigenvalue weighted by Gasteiger charge is 2.10. The second kappa shape index (κ2) is 7.39. The topological polar surface area (TPSA) is 49.7 Å². The molecule has 2 N–H and O–H groups in total. The summed E-state index contributed by atoms with van der Waals surface area (Å²) in [6, 6.07) is 6.21. The third-order valence-corrected chi connectivity index (χ3v) is 3.27. The van der Waals surface area contributed by atoms with Crippen LogP contribution in [0, 0.1) is 5.92 Å². The van der Waals surface area contributed by atoms with Gasteiger partial charge in [0.2, 0.25) is 0 Å². The van der Waals surface area contributed by atoms with Gasteiger partial charge in [-0.3, -0.25) is 0 Å². The number of aliphatic hydroxyl groups is 2. The number of aliphatic hydroxyl groups excluding tert-OH is 2. The first kappa shape index (κ1) is 15.0. The lowest BCUT2D eigenvalue weighted by Crippen LogP contribution is -2.12. The Morgan fingerprint density at radius 3 is 2.33 bits per heavy atom. The highest BCUT2D eigenvalue weighted by atomic mass is 16.5. The summed E-state index contributed by atoms with van der Waals surface area (Å²) in [7, 11) is 1.69. The second-order valence-corrected chi connectivity index (χ2v) is 5.00. The summed E-state index contributed by atoms with van der Waals surface area (Å²) in [4.78, 5) is 0. The molecule has 0 heterocycles. The smallest absolute Gasteiger partial charge is 0.122 e. The third-order valence-electron chi connectivity index (χ3n) is 3.27. The van der Waals surface area contributed by atoms with E-state index in [4.69, 9.17) is 14.9 Å². The van der Waals surface area contributed by atoms with E-state index < -0.39 is 0 Å². The molecule has 18 heavy (non-hydrogen) atoms. The van der Waals surface area contributed by atoms with Gasteiger partial charge in [-0.15, -0.1) is 0 Å². The zero-order valence-corrected chi connectivity index (χ0v) is 11.5. The molecule has 0 aliphatic carbocycles.